The average molecular weight is 243 g/mol. The first kappa shape index (κ1) is 12.8. The van der Waals surface area contributed by atoms with E-state index in [1.54, 1.807) is 32.0 Å². The summed E-state index contributed by atoms with van der Waals surface area (Å²) >= 11 is 5.91. The predicted octanol–water partition coefficient (Wildman–Crippen LogP) is 1.62. The number of rotatable bonds is 3. The molecule has 1 aromatic carbocycles. The van der Waals surface area contributed by atoms with Gasteiger partial charge in [-0.05, 0) is 31.5 Å². The summed E-state index contributed by atoms with van der Waals surface area (Å²) in [5.74, 6) is 5.41. The predicted molar refractivity (Wildman–Crippen MR) is 63.4 cm³/mol. The van der Waals surface area contributed by atoms with Crippen molar-refractivity contribution in [1.82, 2.24) is 5.43 Å². The van der Waals surface area contributed by atoms with Crippen LogP contribution in [0.25, 0.3) is 0 Å². The van der Waals surface area contributed by atoms with Crippen molar-refractivity contribution in [2.24, 2.45) is 5.84 Å². The first-order valence-electron chi connectivity index (χ1n) is 4.78. The minimum absolute atomic E-state index is 0.267. The second-order valence-corrected chi connectivity index (χ2v) is 4.35. The molecule has 16 heavy (non-hydrogen) atoms. The van der Waals surface area contributed by atoms with Crippen LogP contribution >= 0.6 is 11.6 Å². The number of methoxy groups -OCH3 is 1. The van der Waals surface area contributed by atoms with Gasteiger partial charge in [0.15, 0.2) is 0 Å². The summed E-state index contributed by atoms with van der Waals surface area (Å²) in [5, 5.41) is 0.509. The van der Waals surface area contributed by atoms with Gasteiger partial charge in [0.25, 0.3) is 0 Å². The van der Waals surface area contributed by atoms with Crippen molar-refractivity contribution in [1.29, 1.82) is 0 Å². The standard InChI is InChI=1S/C11H15ClN2O2/c1-11(2,10(15)14-13)7-4-5-8(12)9(6-7)16-3/h4-6H,13H2,1-3H3,(H,14,15). The van der Waals surface area contributed by atoms with Crippen molar-refractivity contribution >= 4 is 17.5 Å². The van der Waals surface area contributed by atoms with Gasteiger partial charge < -0.3 is 4.74 Å². The molecule has 0 aromatic heterocycles. The highest BCUT2D eigenvalue weighted by Crippen LogP contribution is 2.31. The number of hydrogen-bond acceptors (Lipinski definition) is 3. The first-order valence-corrected chi connectivity index (χ1v) is 5.16. The van der Waals surface area contributed by atoms with E-state index in [2.05, 4.69) is 5.43 Å². The van der Waals surface area contributed by atoms with Gasteiger partial charge in [-0.3, -0.25) is 10.2 Å². The van der Waals surface area contributed by atoms with E-state index in [-0.39, 0.29) is 5.91 Å². The lowest BCUT2D eigenvalue weighted by molar-refractivity contribution is -0.125. The number of benzene rings is 1. The zero-order chi connectivity index (χ0) is 12.3. The highest BCUT2D eigenvalue weighted by Gasteiger charge is 2.29. The molecule has 0 atom stereocenters. The summed E-state index contributed by atoms with van der Waals surface area (Å²) in [6.07, 6.45) is 0. The number of ether oxygens (including phenoxy) is 1. The van der Waals surface area contributed by atoms with Crippen molar-refractivity contribution in [2.45, 2.75) is 19.3 Å². The smallest absolute Gasteiger partial charge is 0.243 e. The number of carbonyl (C=O) groups is 1. The second-order valence-electron chi connectivity index (χ2n) is 3.95. The minimum atomic E-state index is -0.730. The van der Waals surface area contributed by atoms with E-state index in [1.807, 2.05) is 0 Å². The van der Waals surface area contributed by atoms with Crippen LogP contribution in [0.1, 0.15) is 19.4 Å². The lowest BCUT2D eigenvalue weighted by Gasteiger charge is -2.23. The zero-order valence-electron chi connectivity index (χ0n) is 9.50. The summed E-state index contributed by atoms with van der Waals surface area (Å²) in [6, 6.07) is 5.21. The van der Waals surface area contributed by atoms with E-state index >= 15 is 0 Å². The van der Waals surface area contributed by atoms with Gasteiger partial charge in [0.1, 0.15) is 5.75 Å². The molecule has 0 aliphatic heterocycles. The van der Waals surface area contributed by atoms with E-state index in [9.17, 15) is 4.79 Å². The molecule has 1 aromatic rings. The van der Waals surface area contributed by atoms with E-state index in [0.29, 0.717) is 10.8 Å². The van der Waals surface area contributed by atoms with Crippen LogP contribution in [0.4, 0.5) is 0 Å². The molecule has 0 aliphatic rings. The van der Waals surface area contributed by atoms with Crippen molar-refractivity contribution in [3.8, 4) is 5.75 Å². The lowest BCUT2D eigenvalue weighted by atomic mass is 9.84. The van der Waals surface area contributed by atoms with E-state index in [4.69, 9.17) is 22.2 Å². The third kappa shape index (κ3) is 2.28. The maximum atomic E-state index is 11.6. The fourth-order valence-electron chi connectivity index (χ4n) is 1.36. The number of halogens is 1. The van der Waals surface area contributed by atoms with Crippen molar-refractivity contribution < 1.29 is 9.53 Å². The summed E-state index contributed by atoms with van der Waals surface area (Å²) in [4.78, 5) is 11.6. The van der Waals surface area contributed by atoms with Crippen molar-refractivity contribution in [2.75, 3.05) is 7.11 Å². The topological polar surface area (TPSA) is 64.3 Å². The fourth-order valence-corrected chi connectivity index (χ4v) is 1.55. The zero-order valence-corrected chi connectivity index (χ0v) is 10.3. The van der Waals surface area contributed by atoms with Gasteiger partial charge in [0, 0.05) is 0 Å². The van der Waals surface area contributed by atoms with Crippen LogP contribution in [-0.4, -0.2) is 13.0 Å². The van der Waals surface area contributed by atoms with Gasteiger partial charge in [-0.15, -0.1) is 0 Å². The van der Waals surface area contributed by atoms with Crippen LogP contribution in [0.2, 0.25) is 5.02 Å². The number of carbonyl (C=O) groups excluding carboxylic acids is 1. The Kier molecular flexibility index (Phi) is 3.78. The molecule has 0 bridgehead atoms. The Morgan fingerprint density at radius 3 is 2.62 bits per heavy atom. The molecule has 0 heterocycles. The molecule has 0 spiro atoms. The number of hydrazine groups is 1. The molecule has 0 fully saturated rings. The summed E-state index contributed by atoms with van der Waals surface area (Å²) in [7, 11) is 1.53. The molecule has 0 aliphatic carbocycles. The third-order valence-electron chi connectivity index (χ3n) is 2.57. The minimum Gasteiger partial charge on any atom is -0.495 e. The Morgan fingerprint density at radius 1 is 1.50 bits per heavy atom. The van der Waals surface area contributed by atoms with Gasteiger partial charge in [-0.1, -0.05) is 17.7 Å². The molecule has 0 radical (unpaired) electrons. The molecule has 0 saturated heterocycles. The van der Waals surface area contributed by atoms with Crippen molar-refractivity contribution in [3.63, 3.8) is 0 Å². The first-order chi connectivity index (χ1) is 7.43. The summed E-state index contributed by atoms with van der Waals surface area (Å²) in [6.45, 7) is 3.55. The highest BCUT2D eigenvalue weighted by atomic mass is 35.5. The van der Waals surface area contributed by atoms with Crippen LogP contribution in [-0.2, 0) is 10.2 Å². The quantitative estimate of drug-likeness (QED) is 0.481. The fraction of sp³-hybridized carbons (Fsp3) is 0.364. The monoisotopic (exact) mass is 242 g/mol. The molecule has 0 unspecified atom stereocenters. The summed E-state index contributed by atoms with van der Waals surface area (Å²) < 4.78 is 5.10. The Hall–Kier alpha value is -1.26. The normalized spacial score (nSPS) is 11.1. The van der Waals surface area contributed by atoms with E-state index < -0.39 is 5.41 Å². The van der Waals surface area contributed by atoms with Gasteiger partial charge >= 0.3 is 0 Å². The molecular weight excluding hydrogens is 228 g/mol. The van der Waals surface area contributed by atoms with Crippen LogP contribution in [0, 0.1) is 0 Å². The SMILES string of the molecule is COc1cc(C(C)(C)C(=O)NN)ccc1Cl. The van der Waals surface area contributed by atoms with E-state index in [1.165, 1.54) is 7.11 Å². The van der Waals surface area contributed by atoms with Crippen LogP contribution in [0.3, 0.4) is 0 Å². The number of nitrogens with two attached hydrogens (primary N) is 1. The average Bonchev–Trinajstić information content (AvgIpc) is 2.28. The maximum Gasteiger partial charge on any atom is 0.243 e. The molecular formula is C11H15ClN2O2. The molecule has 1 amide bonds. The molecule has 88 valence electrons. The molecule has 3 N–H and O–H groups in total. The highest BCUT2D eigenvalue weighted by molar-refractivity contribution is 6.32. The molecule has 5 heteroatoms. The number of amides is 1. The van der Waals surface area contributed by atoms with E-state index in [0.717, 1.165) is 5.56 Å². The van der Waals surface area contributed by atoms with Crippen LogP contribution in [0.5, 0.6) is 5.75 Å². The maximum absolute atomic E-state index is 11.6. The molecule has 4 nitrogen and oxygen atoms in total. The van der Waals surface area contributed by atoms with Gasteiger partial charge in [0.05, 0.1) is 17.5 Å². The lowest BCUT2D eigenvalue weighted by Crippen LogP contribution is -2.43. The Bertz CT molecular complexity index is 405. The Morgan fingerprint density at radius 2 is 2.12 bits per heavy atom. The Labute approximate surface area is 99.7 Å². The van der Waals surface area contributed by atoms with Crippen LogP contribution in [0.15, 0.2) is 18.2 Å². The van der Waals surface area contributed by atoms with Crippen molar-refractivity contribution in [3.05, 3.63) is 28.8 Å². The molecule has 0 saturated carbocycles. The van der Waals surface area contributed by atoms with Gasteiger partial charge in [0.2, 0.25) is 5.91 Å². The Balaban J connectivity index is 3.18. The van der Waals surface area contributed by atoms with Gasteiger partial charge in [-0.2, -0.15) is 0 Å². The largest absolute Gasteiger partial charge is 0.495 e. The number of hydrogen-bond donors (Lipinski definition) is 2. The third-order valence-corrected chi connectivity index (χ3v) is 2.88. The van der Waals surface area contributed by atoms with Crippen LogP contribution < -0.4 is 16.0 Å². The summed E-state index contributed by atoms with van der Waals surface area (Å²) in [5.41, 5.74) is 2.20. The second kappa shape index (κ2) is 4.72. The molecule has 1 rings (SSSR count). The number of nitrogens with one attached hydrogen (secondary N) is 1. The van der Waals surface area contributed by atoms with Gasteiger partial charge in [-0.25, -0.2) is 5.84 Å².